The van der Waals surface area contributed by atoms with Gasteiger partial charge in [-0.2, -0.15) is 0 Å². The van der Waals surface area contributed by atoms with E-state index in [-0.39, 0.29) is 0 Å². The largest absolute Gasteiger partial charge is 0.317 e. The van der Waals surface area contributed by atoms with Crippen LogP contribution >= 0.6 is 0 Å². The van der Waals surface area contributed by atoms with Gasteiger partial charge in [-0.15, -0.1) is 0 Å². The minimum absolute atomic E-state index is 0.563. The van der Waals surface area contributed by atoms with Gasteiger partial charge >= 0.3 is 0 Å². The topological polar surface area (TPSA) is 24.1 Å². The maximum atomic E-state index is 3.61. The van der Waals surface area contributed by atoms with Gasteiger partial charge < -0.3 is 10.6 Å². The quantitative estimate of drug-likeness (QED) is 0.723. The van der Waals surface area contributed by atoms with Crippen molar-refractivity contribution in [1.29, 1.82) is 0 Å². The van der Waals surface area contributed by atoms with Gasteiger partial charge in [0.1, 0.15) is 0 Å². The molecule has 1 aliphatic heterocycles. The van der Waals surface area contributed by atoms with Crippen LogP contribution in [0.1, 0.15) is 46.5 Å². The molecule has 0 saturated carbocycles. The molecule has 2 heteroatoms. The summed E-state index contributed by atoms with van der Waals surface area (Å²) in [7, 11) is 0. The molecule has 0 aromatic carbocycles. The summed E-state index contributed by atoms with van der Waals surface area (Å²) in [5.74, 6) is 0. The van der Waals surface area contributed by atoms with E-state index in [1.807, 2.05) is 0 Å². The number of nitrogens with one attached hydrogen (secondary N) is 2. The molecule has 1 fully saturated rings. The van der Waals surface area contributed by atoms with E-state index in [2.05, 4.69) is 31.4 Å². The summed E-state index contributed by atoms with van der Waals surface area (Å²) in [5.41, 5.74) is 0.563. The molecule has 0 radical (unpaired) electrons. The Bertz CT molecular complexity index is 146. The van der Waals surface area contributed by atoms with Gasteiger partial charge in [-0.1, -0.05) is 20.8 Å². The summed E-state index contributed by atoms with van der Waals surface area (Å²) < 4.78 is 0. The Morgan fingerprint density at radius 3 is 2.71 bits per heavy atom. The van der Waals surface area contributed by atoms with Gasteiger partial charge in [-0.05, 0) is 44.2 Å². The third-order valence-electron chi connectivity index (χ3n) is 3.53. The fourth-order valence-corrected chi connectivity index (χ4v) is 2.27. The Morgan fingerprint density at radius 2 is 2.07 bits per heavy atom. The summed E-state index contributed by atoms with van der Waals surface area (Å²) >= 11 is 0. The molecule has 1 unspecified atom stereocenters. The molecule has 0 aliphatic carbocycles. The molecule has 1 aliphatic rings. The zero-order chi connectivity index (χ0) is 10.4. The van der Waals surface area contributed by atoms with E-state index in [9.17, 15) is 0 Å². The summed E-state index contributed by atoms with van der Waals surface area (Å²) in [6.07, 6.45) is 5.38. The molecule has 1 saturated heterocycles. The van der Waals surface area contributed by atoms with Crippen molar-refractivity contribution in [3.05, 3.63) is 0 Å². The lowest BCUT2D eigenvalue weighted by molar-refractivity contribution is 0.223. The zero-order valence-electron chi connectivity index (χ0n) is 10.0. The highest BCUT2D eigenvalue weighted by molar-refractivity contribution is 4.84. The second-order valence-electron chi connectivity index (χ2n) is 4.99. The summed E-state index contributed by atoms with van der Waals surface area (Å²) in [6.45, 7) is 10.4. The van der Waals surface area contributed by atoms with Crippen molar-refractivity contribution in [2.45, 2.75) is 52.5 Å². The van der Waals surface area contributed by atoms with Crippen LogP contribution in [0.4, 0.5) is 0 Å². The highest BCUT2D eigenvalue weighted by Gasteiger charge is 2.28. The van der Waals surface area contributed by atoms with Gasteiger partial charge in [-0.25, -0.2) is 0 Å². The van der Waals surface area contributed by atoms with Gasteiger partial charge in [-0.3, -0.25) is 0 Å². The SMILES string of the molecule is CCC1(CNC(C)C)CCCNCC1. The van der Waals surface area contributed by atoms with Gasteiger partial charge in [0.15, 0.2) is 0 Å². The van der Waals surface area contributed by atoms with Gasteiger partial charge in [0, 0.05) is 12.6 Å². The van der Waals surface area contributed by atoms with Crippen molar-refractivity contribution in [3.8, 4) is 0 Å². The number of hydrogen-bond acceptors (Lipinski definition) is 2. The molecule has 2 N–H and O–H groups in total. The first-order chi connectivity index (χ1) is 6.68. The van der Waals surface area contributed by atoms with Crippen molar-refractivity contribution < 1.29 is 0 Å². The highest BCUT2D eigenvalue weighted by Crippen LogP contribution is 2.32. The first kappa shape index (κ1) is 12.0. The van der Waals surface area contributed by atoms with E-state index in [4.69, 9.17) is 0 Å². The van der Waals surface area contributed by atoms with Gasteiger partial charge in [0.05, 0.1) is 0 Å². The Morgan fingerprint density at radius 1 is 1.29 bits per heavy atom. The van der Waals surface area contributed by atoms with E-state index >= 15 is 0 Å². The Kier molecular flexibility index (Phi) is 4.90. The van der Waals surface area contributed by atoms with Gasteiger partial charge in [0.2, 0.25) is 0 Å². The normalized spacial score (nSPS) is 29.1. The van der Waals surface area contributed by atoms with Crippen LogP contribution in [-0.4, -0.2) is 25.7 Å². The van der Waals surface area contributed by atoms with E-state index in [0.717, 1.165) is 0 Å². The van der Waals surface area contributed by atoms with E-state index in [0.29, 0.717) is 11.5 Å². The average molecular weight is 198 g/mol. The summed E-state index contributed by atoms with van der Waals surface area (Å²) in [6, 6.07) is 0.620. The molecule has 1 rings (SSSR count). The van der Waals surface area contributed by atoms with Crippen LogP contribution in [0.2, 0.25) is 0 Å². The van der Waals surface area contributed by atoms with Crippen molar-refractivity contribution in [3.63, 3.8) is 0 Å². The molecule has 14 heavy (non-hydrogen) atoms. The number of rotatable bonds is 4. The molecule has 0 aromatic rings. The summed E-state index contributed by atoms with van der Waals surface area (Å²) in [4.78, 5) is 0. The van der Waals surface area contributed by atoms with Crippen LogP contribution in [0.5, 0.6) is 0 Å². The zero-order valence-corrected chi connectivity index (χ0v) is 10.0. The lowest BCUT2D eigenvalue weighted by Crippen LogP contribution is -2.37. The molecule has 84 valence electrons. The second kappa shape index (κ2) is 5.72. The smallest absolute Gasteiger partial charge is 0.00106 e. The molecular weight excluding hydrogens is 172 g/mol. The minimum atomic E-state index is 0.563. The predicted octanol–water partition coefficient (Wildman–Crippen LogP) is 2.15. The monoisotopic (exact) mass is 198 g/mol. The molecule has 0 spiro atoms. The van der Waals surface area contributed by atoms with Gasteiger partial charge in [0.25, 0.3) is 0 Å². The predicted molar refractivity (Wildman–Crippen MR) is 62.6 cm³/mol. The Balaban J connectivity index is 2.45. The van der Waals surface area contributed by atoms with Crippen molar-refractivity contribution in [2.24, 2.45) is 5.41 Å². The van der Waals surface area contributed by atoms with Crippen LogP contribution < -0.4 is 10.6 Å². The molecule has 0 amide bonds. The fraction of sp³-hybridized carbons (Fsp3) is 1.00. The van der Waals surface area contributed by atoms with E-state index in [1.165, 1.54) is 45.3 Å². The van der Waals surface area contributed by atoms with E-state index < -0.39 is 0 Å². The lowest BCUT2D eigenvalue weighted by atomic mass is 9.78. The average Bonchev–Trinajstić information content (AvgIpc) is 2.41. The molecule has 2 nitrogen and oxygen atoms in total. The molecule has 1 atom stereocenters. The molecule has 0 bridgehead atoms. The highest BCUT2D eigenvalue weighted by atomic mass is 14.9. The van der Waals surface area contributed by atoms with Crippen molar-refractivity contribution in [2.75, 3.05) is 19.6 Å². The van der Waals surface area contributed by atoms with Crippen molar-refractivity contribution >= 4 is 0 Å². The minimum Gasteiger partial charge on any atom is -0.317 e. The molecular formula is C12H26N2. The van der Waals surface area contributed by atoms with Crippen LogP contribution in [0.15, 0.2) is 0 Å². The van der Waals surface area contributed by atoms with Crippen LogP contribution in [0, 0.1) is 5.41 Å². The first-order valence-electron chi connectivity index (χ1n) is 6.13. The van der Waals surface area contributed by atoms with Crippen molar-refractivity contribution in [1.82, 2.24) is 10.6 Å². The third-order valence-corrected chi connectivity index (χ3v) is 3.53. The molecule has 1 heterocycles. The lowest BCUT2D eigenvalue weighted by Gasteiger charge is -2.32. The Hall–Kier alpha value is -0.0800. The second-order valence-corrected chi connectivity index (χ2v) is 4.99. The maximum Gasteiger partial charge on any atom is 0.00106 e. The van der Waals surface area contributed by atoms with E-state index in [1.54, 1.807) is 0 Å². The fourth-order valence-electron chi connectivity index (χ4n) is 2.27. The third kappa shape index (κ3) is 3.58. The standard InChI is InChI=1S/C12H26N2/c1-4-12(10-14-11(2)3)6-5-8-13-9-7-12/h11,13-14H,4-10H2,1-3H3. The first-order valence-corrected chi connectivity index (χ1v) is 6.13. The summed E-state index contributed by atoms with van der Waals surface area (Å²) in [5, 5.41) is 7.10. The Labute approximate surface area is 88.8 Å². The maximum absolute atomic E-state index is 3.61. The van der Waals surface area contributed by atoms with Crippen LogP contribution in [-0.2, 0) is 0 Å². The molecule has 0 aromatic heterocycles. The van der Waals surface area contributed by atoms with Crippen LogP contribution in [0.3, 0.4) is 0 Å². The van der Waals surface area contributed by atoms with Crippen LogP contribution in [0.25, 0.3) is 0 Å². The number of hydrogen-bond donors (Lipinski definition) is 2.